The smallest absolute Gasteiger partial charge is 0.314 e. The second-order valence-corrected chi connectivity index (χ2v) is 4.43. The van der Waals surface area contributed by atoms with Gasteiger partial charge in [0.15, 0.2) is 0 Å². The summed E-state index contributed by atoms with van der Waals surface area (Å²) in [4.78, 5) is 15.5. The third-order valence-corrected chi connectivity index (χ3v) is 3.40. The molecule has 1 aromatic rings. The highest BCUT2D eigenvalue weighted by Crippen LogP contribution is 2.27. The monoisotopic (exact) mass is 238 g/mol. The Labute approximate surface area is 100 Å². The number of hydrogen-bond donors (Lipinski definition) is 2. The van der Waals surface area contributed by atoms with E-state index in [2.05, 4.69) is 4.98 Å². The summed E-state index contributed by atoms with van der Waals surface area (Å²) >= 11 is 0. The molecule has 2 rings (SSSR count). The van der Waals surface area contributed by atoms with Gasteiger partial charge in [0.1, 0.15) is 11.7 Å². The molecule has 1 aliphatic heterocycles. The molecule has 17 heavy (non-hydrogen) atoms. The van der Waals surface area contributed by atoms with Crippen LogP contribution in [0.4, 0.5) is 0 Å². The molecule has 0 aliphatic carbocycles. The van der Waals surface area contributed by atoms with Crippen LogP contribution in [-0.4, -0.2) is 25.7 Å². The van der Waals surface area contributed by atoms with Crippen molar-refractivity contribution in [2.75, 3.05) is 0 Å². The van der Waals surface area contributed by atoms with Crippen LogP contribution in [0.2, 0.25) is 0 Å². The largest absolute Gasteiger partial charge is 0.481 e. The van der Waals surface area contributed by atoms with Gasteiger partial charge in [0, 0.05) is 12.2 Å². The molecule has 0 saturated carbocycles. The van der Waals surface area contributed by atoms with E-state index >= 15 is 0 Å². The summed E-state index contributed by atoms with van der Waals surface area (Å²) in [7, 11) is 0. The highest BCUT2D eigenvalue weighted by atomic mass is 16.4. The van der Waals surface area contributed by atoms with Crippen LogP contribution in [0.1, 0.15) is 49.3 Å². The Balaban J connectivity index is 2.46. The number of aromatic nitrogens is 2. The van der Waals surface area contributed by atoms with Crippen molar-refractivity contribution in [3.8, 4) is 0 Å². The molecule has 0 aromatic carbocycles. The molecule has 1 aromatic heterocycles. The van der Waals surface area contributed by atoms with Gasteiger partial charge in [0.2, 0.25) is 0 Å². The van der Waals surface area contributed by atoms with Crippen molar-refractivity contribution < 1.29 is 15.0 Å². The molecule has 1 unspecified atom stereocenters. The third-order valence-electron chi connectivity index (χ3n) is 3.40. The van der Waals surface area contributed by atoms with Crippen molar-refractivity contribution in [3.05, 3.63) is 17.2 Å². The first-order valence-corrected chi connectivity index (χ1v) is 6.10. The summed E-state index contributed by atoms with van der Waals surface area (Å²) in [5, 5.41) is 18.5. The molecular weight excluding hydrogens is 220 g/mol. The average molecular weight is 238 g/mol. The van der Waals surface area contributed by atoms with Crippen LogP contribution in [-0.2, 0) is 24.4 Å². The van der Waals surface area contributed by atoms with E-state index in [1.165, 1.54) is 0 Å². The van der Waals surface area contributed by atoms with Crippen LogP contribution in [0.15, 0.2) is 0 Å². The van der Waals surface area contributed by atoms with Gasteiger partial charge in [-0.3, -0.25) is 4.79 Å². The highest BCUT2D eigenvalue weighted by molar-refractivity contribution is 5.75. The van der Waals surface area contributed by atoms with Crippen LogP contribution >= 0.6 is 0 Å². The predicted octanol–water partition coefficient (Wildman–Crippen LogP) is 1.29. The first kappa shape index (κ1) is 12.1. The first-order valence-electron chi connectivity index (χ1n) is 6.10. The van der Waals surface area contributed by atoms with E-state index in [-0.39, 0.29) is 6.61 Å². The molecule has 0 fully saturated rings. The zero-order valence-corrected chi connectivity index (χ0v) is 10.0. The maximum atomic E-state index is 11.2. The summed E-state index contributed by atoms with van der Waals surface area (Å²) in [5.41, 5.74) is 1.67. The highest BCUT2D eigenvalue weighted by Gasteiger charge is 2.28. The minimum atomic E-state index is -0.838. The number of carbonyl (C=O) groups is 1. The second kappa shape index (κ2) is 4.87. The van der Waals surface area contributed by atoms with Gasteiger partial charge in [0.05, 0.1) is 12.3 Å². The molecule has 5 heteroatoms. The standard InChI is InChI=1S/C12H18N2O3/c1-2-8(12(16)17)11-13-9(7-15)10-5-3-4-6-14(10)11/h8,15H,2-7H2,1H3,(H,16,17). The summed E-state index contributed by atoms with van der Waals surface area (Å²) in [6.07, 6.45) is 3.55. The molecule has 1 atom stereocenters. The van der Waals surface area contributed by atoms with Crippen molar-refractivity contribution in [1.29, 1.82) is 0 Å². The van der Waals surface area contributed by atoms with E-state index in [1.807, 2.05) is 11.5 Å². The van der Waals surface area contributed by atoms with E-state index in [4.69, 9.17) is 0 Å². The number of hydrogen-bond acceptors (Lipinski definition) is 3. The van der Waals surface area contributed by atoms with Gasteiger partial charge >= 0.3 is 5.97 Å². The van der Waals surface area contributed by atoms with Crippen molar-refractivity contribution in [3.63, 3.8) is 0 Å². The normalized spacial score (nSPS) is 16.6. The summed E-state index contributed by atoms with van der Waals surface area (Å²) in [6.45, 7) is 2.56. The lowest BCUT2D eigenvalue weighted by atomic mass is 10.0. The number of nitrogens with zero attached hydrogens (tertiary/aromatic N) is 2. The molecule has 0 radical (unpaired) electrons. The maximum Gasteiger partial charge on any atom is 0.314 e. The van der Waals surface area contributed by atoms with Crippen LogP contribution in [0.25, 0.3) is 0 Å². The van der Waals surface area contributed by atoms with Crippen LogP contribution in [0.3, 0.4) is 0 Å². The Kier molecular flexibility index (Phi) is 3.47. The van der Waals surface area contributed by atoms with Gasteiger partial charge in [-0.05, 0) is 25.7 Å². The third kappa shape index (κ3) is 2.07. The zero-order valence-electron chi connectivity index (χ0n) is 10.0. The minimum Gasteiger partial charge on any atom is -0.481 e. The molecular formula is C12H18N2O3. The average Bonchev–Trinajstić information content (AvgIpc) is 2.69. The summed E-state index contributed by atoms with van der Waals surface area (Å²) < 4.78 is 2.00. The fraction of sp³-hybridized carbons (Fsp3) is 0.667. The van der Waals surface area contributed by atoms with E-state index in [1.54, 1.807) is 0 Å². The fourth-order valence-corrected chi connectivity index (χ4v) is 2.51. The van der Waals surface area contributed by atoms with Gasteiger partial charge in [-0.2, -0.15) is 0 Å². The van der Waals surface area contributed by atoms with Crippen molar-refractivity contribution in [2.45, 2.75) is 51.7 Å². The van der Waals surface area contributed by atoms with Gasteiger partial charge in [0.25, 0.3) is 0 Å². The molecule has 2 N–H and O–H groups in total. The maximum absolute atomic E-state index is 11.2. The Hall–Kier alpha value is -1.36. The van der Waals surface area contributed by atoms with E-state index in [0.717, 1.165) is 31.5 Å². The fourth-order valence-electron chi connectivity index (χ4n) is 2.51. The van der Waals surface area contributed by atoms with Crippen LogP contribution < -0.4 is 0 Å². The lowest BCUT2D eigenvalue weighted by Crippen LogP contribution is -2.19. The Morgan fingerprint density at radius 2 is 2.29 bits per heavy atom. The van der Waals surface area contributed by atoms with E-state index in [9.17, 15) is 15.0 Å². The molecule has 0 amide bonds. The quantitative estimate of drug-likeness (QED) is 0.828. The van der Waals surface area contributed by atoms with Crippen molar-refractivity contribution in [2.24, 2.45) is 0 Å². The van der Waals surface area contributed by atoms with Crippen LogP contribution in [0.5, 0.6) is 0 Å². The van der Waals surface area contributed by atoms with Gasteiger partial charge in [-0.1, -0.05) is 6.92 Å². The molecule has 5 nitrogen and oxygen atoms in total. The minimum absolute atomic E-state index is 0.106. The molecule has 0 spiro atoms. The number of aliphatic hydroxyl groups excluding tert-OH is 1. The van der Waals surface area contributed by atoms with E-state index in [0.29, 0.717) is 17.9 Å². The topological polar surface area (TPSA) is 75.3 Å². The number of aliphatic carboxylic acids is 1. The second-order valence-electron chi connectivity index (χ2n) is 4.43. The SMILES string of the molecule is CCC(C(=O)O)c1nc(CO)c2n1CCCC2. The number of carboxylic acids is 1. The van der Waals surface area contributed by atoms with Gasteiger partial charge in [-0.15, -0.1) is 0 Å². The summed E-state index contributed by atoms with van der Waals surface area (Å²) in [5.74, 6) is -0.790. The summed E-state index contributed by atoms with van der Waals surface area (Å²) in [6, 6.07) is 0. The number of aliphatic hydroxyl groups is 1. The van der Waals surface area contributed by atoms with Crippen molar-refractivity contribution in [1.82, 2.24) is 9.55 Å². The lowest BCUT2D eigenvalue weighted by molar-refractivity contribution is -0.139. The zero-order chi connectivity index (χ0) is 12.4. The van der Waals surface area contributed by atoms with Crippen molar-refractivity contribution >= 4 is 5.97 Å². The van der Waals surface area contributed by atoms with Gasteiger partial charge in [-0.25, -0.2) is 4.98 Å². The Morgan fingerprint density at radius 1 is 1.53 bits per heavy atom. The lowest BCUT2D eigenvalue weighted by Gasteiger charge is -2.19. The molecule has 0 bridgehead atoms. The molecule has 0 saturated heterocycles. The first-order chi connectivity index (χ1) is 8.19. The number of fused-ring (bicyclic) bond motifs is 1. The number of rotatable bonds is 4. The predicted molar refractivity (Wildman–Crippen MR) is 61.8 cm³/mol. The molecule has 2 heterocycles. The molecule has 94 valence electrons. The van der Waals surface area contributed by atoms with E-state index < -0.39 is 11.9 Å². The Bertz CT molecular complexity index is 426. The van der Waals surface area contributed by atoms with Gasteiger partial charge < -0.3 is 14.8 Å². The van der Waals surface area contributed by atoms with Crippen LogP contribution in [0, 0.1) is 0 Å². The number of carboxylic acid groups (broad SMARTS) is 1. The number of imidazole rings is 1. The Morgan fingerprint density at radius 3 is 2.88 bits per heavy atom. The molecule has 1 aliphatic rings.